The quantitative estimate of drug-likeness (QED) is 0.702. The lowest BCUT2D eigenvalue weighted by molar-refractivity contribution is 0.314. The minimum Gasteiger partial charge on any atom is -0.490 e. The average molecular weight is 331 g/mol. The predicted molar refractivity (Wildman–Crippen MR) is 92.8 cm³/mol. The zero-order chi connectivity index (χ0) is 16.2. The summed E-state index contributed by atoms with van der Waals surface area (Å²) in [7, 11) is 0. The van der Waals surface area contributed by atoms with Crippen LogP contribution in [0, 0.1) is 0 Å². The van der Waals surface area contributed by atoms with Crippen molar-refractivity contribution in [3.63, 3.8) is 0 Å². The fourth-order valence-electron chi connectivity index (χ4n) is 2.52. The Morgan fingerprint density at radius 1 is 1.26 bits per heavy atom. The summed E-state index contributed by atoms with van der Waals surface area (Å²) >= 11 is 6.32. The van der Waals surface area contributed by atoms with E-state index in [2.05, 4.69) is 21.5 Å². The van der Waals surface area contributed by atoms with E-state index in [9.17, 15) is 0 Å². The summed E-state index contributed by atoms with van der Waals surface area (Å²) in [5.74, 6) is 0.726. The fraction of sp³-hybridized carbons (Fsp3) is 0.294. The molecule has 23 heavy (non-hydrogen) atoms. The molecule has 2 N–H and O–H groups in total. The van der Waals surface area contributed by atoms with Crippen molar-refractivity contribution in [3.8, 4) is 17.0 Å². The van der Waals surface area contributed by atoms with Gasteiger partial charge in [0.25, 0.3) is 0 Å². The topological polar surface area (TPSA) is 66.0 Å². The third kappa shape index (κ3) is 3.02. The van der Waals surface area contributed by atoms with Crippen LogP contribution in [0.25, 0.3) is 22.3 Å². The summed E-state index contributed by atoms with van der Waals surface area (Å²) in [6.45, 7) is 4.03. The number of nitrogens with two attached hydrogens (primary N) is 1. The highest BCUT2D eigenvalue weighted by atomic mass is 35.5. The smallest absolute Gasteiger partial charge is 0.163 e. The first-order valence-corrected chi connectivity index (χ1v) is 8.05. The van der Waals surface area contributed by atoms with Crippen molar-refractivity contribution in [2.24, 2.45) is 5.73 Å². The summed E-state index contributed by atoms with van der Waals surface area (Å²) in [5.41, 5.74) is 8.90. The Morgan fingerprint density at radius 3 is 2.83 bits per heavy atom. The maximum absolute atomic E-state index is 6.32. The Labute approximate surface area is 140 Å². The van der Waals surface area contributed by atoms with Crippen LogP contribution in [0.1, 0.15) is 13.3 Å². The number of hydrogen-bond acceptors (Lipinski definition) is 4. The van der Waals surface area contributed by atoms with E-state index < -0.39 is 0 Å². The van der Waals surface area contributed by atoms with Crippen molar-refractivity contribution in [1.82, 2.24) is 14.5 Å². The molecule has 5 nitrogen and oxygen atoms in total. The Balaban J connectivity index is 2.14. The molecular weight excluding hydrogens is 312 g/mol. The Hall–Kier alpha value is -2.11. The van der Waals surface area contributed by atoms with Gasteiger partial charge in [0, 0.05) is 12.1 Å². The molecule has 120 valence electrons. The standard InChI is InChI=1S/C17H19ClN4O/c1-2-22-11-21-16-15(12-6-3-4-7-13(12)18)20-10-14(17(16)22)23-9-5-8-19/h3-4,6-7,10-11H,2,5,8-9,19H2,1H3. The van der Waals surface area contributed by atoms with Crippen LogP contribution in [0.2, 0.25) is 5.02 Å². The summed E-state index contributed by atoms with van der Waals surface area (Å²) in [6.07, 6.45) is 4.35. The normalized spacial score (nSPS) is 11.1. The van der Waals surface area contributed by atoms with Gasteiger partial charge in [0.15, 0.2) is 5.75 Å². The number of halogens is 1. The van der Waals surface area contributed by atoms with Crippen LogP contribution >= 0.6 is 11.6 Å². The number of ether oxygens (including phenoxy) is 1. The largest absolute Gasteiger partial charge is 0.490 e. The van der Waals surface area contributed by atoms with Gasteiger partial charge in [0.1, 0.15) is 11.0 Å². The lowest BCUT2D eigenvalue weighted by Crippen LogP contribution is -2.07. The minimum atomic E-state index is 0.563. The second kappa shape index (κ2) is 6.98. The number of pyridine rings is 1. The monoisotopic (exact) mass is 330 g/mol. The molecule has 0 saturated heterocycles. The fourth-order valence-corrected chi connectivity index (χ4v) is 2.75. The lowest BCUT2D eigenvalue weighted by atomic mass is 10.1. The first-order valence-electron chi connectivity index (χ1n) is 7.67. The second-order valence-corrected chi connectivity index (χ2v) is 5.58. The van der Waals surface area contributed by atoms with Gasteiger partial charge in [0.2, 0.25) is 0 Å². The molecule has 0 saturated carbocycles. The van der Waals surface area contributed by atoms with Gasteiger partial charge in [0.05, 0.1) is 29.8 Å². The summed E-state index contributed by atoms with van der Waals surface area (Å²) in [5, 5.41) is 0.657. The van der Waals surface area contributed by atoms with Gasteiger partial charge < -0.3 is 15.0 Å². The Morgan fingerprint density at radius 2 is 2.09 bits per heavy atom. The summed E-state index contributed by atoms with van der Waals surface area (Å²) in [4.78, 5) is 9.08. The second-order valence-electron chi connectivity index (χ2n) is 5.17. The van der Waals surface area contributed by atoms with Crippen molar-refractivity contribution in [3.05, 3.63) is 41.8 Å². The van der Waals surface area contributed by atoms with Crippen molar-refractivity contribution in [2.45, 2.75) is 19.9 Å². The molecule has 3 aromatic rings. The maximum Gasteiger partial charge on any atom is 0.163 e. The third-order valence-electron chi connectivity index (χ3n) is 3.68. The van der Waals surface area contributed by atoms with E-state index in [-0.39, 0.29) is 0 Å². The van der Waals surface area contributed by atoms with Crippen LogP contribution in [-0.4, -0.2) is 27.7 Å². The molecule has 0 spiro atoms. The first-order chi connectivity index (χ1) is 11.3. The molecule has 0 aliphatic rings. The highest BCUT2D eigenvalue weighted by Gasteiger charge is 2.17. The average Bonchev–Trinajstić information content (AvgIpc) is 3.00. The van der Waals surface area contributed by atoms with E-state index in [4.69, 9.17) is 22.1 Å². The number of hydrogen-bond donors (Lipinski definition) is 1. The van der Waals surface area contributed by atoms with Crippen LogP contribution in [0.5, 0.6) is 5.75 Å². The van der Waals surface area contributed by atoms with E-state index in [1.807, 2.05) is 30.6 Å². The molecule has 0 bridgehead atoms. The van der Waals surface area contributed by atoms with Crippen molar-refractivity contribution < 1.29 is 4.74 Å². The van der Waals surface area contributed by atoms with Gasteiger partial charge >= 0.3 is 0 Å². The van der Waals surface area contributed by atoms with Crippen molar-refractivity contribution >= 4 is 22.6 Å². The molecule has 6 heteroatoms. The van der Waals surface area contributed by atoms with Crippen molar-refractivity contribution in [2.75, 3.05) is 13.2 Å². The first kappa shape index (κ1) is 15.8. The van der Waals surface area contributed by atoms with Gasteiger partial charge in [-0.1, -0.05) is 29.8 Å². The minimum absolute atomic E-state index is 0.563. The van der Waals surface area contributed by atoms with Gasteiger partial charge in [-0.15, -0.1) is 0 Å². The molecule has 1 aromatic carbocycles. The van der Waals surface area contributed by atoms with E-state index in [1.54, 1.807) is 6.20 Å². The molecule has 0 fully saturated rings. The zero-order valence-electron chi connectivity index (χ0n) is 13.0. The van der Waals surface area contributed by atoms with Gasteiger partial charge in [-0.05, 0) is 26.0 Å². The molecule has 0 unspecified atom stereocenters. The van der Waals surface area contributed by atoms with Crippen molar-refractivity contribution in [1.29, 1.82) is 0 Å². The maximum atomic E-state index is 6.32. The summed E-state index contributed by atoms with van der Waals surface area (Å²) < 4.78 is 7.90. The van der Waals surface area contributed by atoms with E-state index in [1.165, 1.54) is 0 Å². The zero-order valence-corrected chi connectivity index (χ0v) is 13.8. The van der Waals surface area contributed by atoms with Crippen LogP contribution in [0.15, 0.2) is 36.8 Å². The predicted octanol–water partition coefficient (Wildman–Crippen LogP) is 3.50. The molecule has 2 heterocycles. The van der Waals surface area contributed by atoms with Gasteiger partial charge in [-0.25, -0.2) is 9.97 Å². The molecule has 0 radical (unpaired) electrons. The number of aryl methyl sites for hydroxylation is 1. The van der Waals surface area contributed by atoms with Gasteiger partial charge in [-0.2, -0.15) is 0 Å². The lowest BCUT2D eigenvalue weighted by Gasteiger charge is -2.11. The number of imidazole rings is 1. The van der Waals surface area contributed by atoms with E-state index >= 15 is 0 Å². The van der Waals surface area contributed by atoms with E-state index in [0.29, 0.717) is 18.2 Å². The van der Waals surface area contributed by atoms with Crippen LogP contribution in [0.4, 0.5) is 0 Å². The number of benzene rings is 1. The molecule has 0 aliphatic heterocycles. The Kier molecular flexibility index (Phi) is 4.79. The molecular formula is C17H19ClN4O. The number of aromatic nitrogens is 3. The summed E-state index contributed by atoms with van der Waals surface area (Å²) in [6, 6.07) is 7.64. The number of nitrogens with zero attached hydrogens (tertiary/aromatic N) is 3. The highest BCUT2D eigenvalue weighted by molar-refractivity contribution is 6.33. The van der Waals surface area contributed by atoms with E-state index in [0.717, 1.165) is 41.0 Å². The molecule has 3 rings (SSSR count). The molecule has 0 aliphatic carbocycles. The third-order valence-corrected chi connectivity index (χ3v) is 4.01. The molecule has 2 aromatic heterocycles. The SMILES string of the molecule is CCn1cnc2c(-c3ccccc3Cl)ncc(OCCCN)c21. The Bertz CT molecular complexity index is 815. The highest BCUT2D eigenvalue weighted by Crippen LogP contribution is 2.34. The molecule has 0 amide bonds. The number of rotatable bonds is 6. The number of fused-ring (bicyclic) bond motifs is 1. The van der Waals surface area contributed by atoms with Crippen LogP contribution < -0.4 is 10.5 Å². The van der Waals surface area contributed by atoms with Crippen LogP contribution in [-0.2, 0) is 6.54 Å². The van der Waals surface area contributed by atoms with Crippen LogP contribution in [0.3, 0.4) is 0 Å². The molecule has 0 atom stereocenters. The van der Waals surface area contributed by atoms with Gasteiger partial charge in [-0.3, -0.25) is 0 Å².